The summed E-state index contributed by atoms with van der Waals surface area (Å²) < 4.78 is 4.73. The molecule has 0 radical (unpaired) electrons. The molecule has 0 N–H and O–H groups in total. The van der Waals surface area contributed by atoms with Crippen LogP contribution in [0.1, 0.15) is 0 Å². The van der Waals surface area contributed by atoms with Crippen molar-refractivity contribution in [1.29, 1.82) is 0 Å². The average molecular weight is 141 g/mol. The summed E-state index contributed by atoms with van der Waals surface area (Å²) in [6.45, 7) is 0.632. The molecule has 0 aliphatic rings. The lowest BCUT2D eigenvalue weighted by atomic mass is 10.5. The zero-order valence-corrected chi connectivity index (χ0v) is 5.88. The van der Waals surface area contributed by atoms with Crippen LogP contribution in [0.5, 0.6) is 0 Å². The standard InChI is InChI=1S/C4H9ClOS/c1-6-3-4(7)2-5/h4,7H,2-3H2,1H3. The van der Waals surface area contributed by atoms with Crippen molar-refractivity contribution in [2.45, 2.75) is 5.25 Å². The van der Waals surface area contributed by atoms with Crippen LogP contribution in [0, 0.1) is 0 Å². The first-order valence-electron chi connectivity index (χ1n) is 2.04. The summed E-state index contributed by atoms with van der Waals surface area (Å²) in [4.78, 5) is 0. The first kappa shape index (κ1) is 7.60. The van der Waals surface area contributed by atoms with E-state index >= 15 is 0 Å². The van der Waals surface area contributed by atoms with Crippen molar-refractivity contribution in [2.75, 3.05) is 19.6 Å². The lowest BCUT2D eigenvalue weighted by Crippen LogP contribution is -2.07. The minimum absolute atomic E-state index is 0.187. The van der Waals surface area contributed by atoms with Crippen LogP contribution < -0.4 is 0 Å². The van der Waals surface area contributed by atoms with E-state index in [1.807, 2.05) is 0 Å². The second-order valence-corrected chi connectivity index (χ2v) is 2.30. The molecule has 1 atom stereocenters. The highest BCUT2D eigenvalue weighted by Gasteiger charge is 1.95. The van der Waals surface area contributed by atoms with Crippen LogP contribution >= 0.6 is 24.2 Å². The third-order valence-electron chi connectivity index (χ3n) is 0.537. The first-order valence-corrected chi connectivity index (χ1v) is 3.09. The molecule has 0 saturated carbocycles. The maximum Gasteiger partial charge on any atom is 0.0590 e. The lowest BCUT2D eigenvalue weighted by Gasteiger charge is -2.01. The van der Waals surface area contributed by atoms with Gasteiger partial charge in [0, 0.05) is 18.2 Å². The largest absolute Gasteiger partial charge is 0.384 e. The van der Waals surface area contributed by atoms with Crippen molar-refractivity contribution in [3.8, 4) is 0 Å². The van der Waals surface area contributed by atoms with E-state index in [1.165, 1.54) is 0 Å². The highest BCUT2D eigenvalue weighted by atomic mass is 35.5. The Morgan fingerprint density at radius 1 is 1.86 bits per heavy atom. The zero-order chi connectivity index (χ0) is 5.70. The zero-order valence-electron chi connectivity index (χ0n) is 4.22. The molecule has 7 heavy (non-hydrogen) atoms. The third-order valence-corrected chi connectivity index (χ3v) is 1.46. The van der Waals surface area contributed by atoms with Crippen LogP contribution in [0.3, 0.4) is 0 Å². The Morgan fingerprint density at radius 3 is 2.57 bits per heavy atom. The van der Waals surface area contributed by atoms with Crippen LogP contribution in [-0.4, -0.2) is 24.8 Å². The predicted molar refractivity (Wildman–Crippen MR) is 35.4 cm³/mol. The number of methoxy groups -OCH3 is 1. The molecule has 0 rings (SSSR count). The van der Waals surface area contributed by atoms with Gasteiger partial charge in [-0.1, -0.05) is 0 Å². The van der Waals surface area contributed by atoms with Gasteiger partial charge >= 0.3 is 0 Å². The van der Waals surface area contributed by atoms with Gasteiger partial charge in [0.25, 0.3) is 0 Å². The van der Waals surface area contributed by atoms with Crippen molar-refractivity contribution in [2.24, 2.45) is 0 Å². The molecular formula is C4H9ClOS. The smallest absolute Gasteiger partial charge is 0.0590 e. The minimum atomic E-state index is 0.187. The van der Waals surface area contributed by atoms with Crippen molar-refractivity contribution in [3.63, 3.8) is 0 Å². The van der Waals surface area contributed by atoms with Crippen LogP contribution in [-0.2, 0) is 4.74 Å². The quantitative estimate of drug-likeness (QED) is 0.458. The molecule has 0 amide bonds. The van der Waals surface area contributed by atoms with E-state index in [-0.39, 0.29) is 5.25 Å². The minimum Gasteiger partial charge on any atom is -0.384 e. The van der Waals surface area contributed by atoms with Gasteiger partial charge in [0.1, 0.15) is 0 Å². The van der Waals surface area contributed by atoms with E-state index in [2.05, 4.69) is 12.6 Å². The Hall–Kier alpha value is 0.600. The summed E-state index contributed by atoms with van der Waals surface area (Å²) >= 11 is 9.43. The van der Waals surface area contributed by atoms with Crippen LogP contribution in [0.4, 0.5) is 0 Å². The molecule has 0 spiro atoms. The molecule has 0 fully saturated rings. The number of hydrogen-bond donors (Lipinski definition) is 1. The molecule has 3 heteroatoms. The van der Waals surface area contributed by atoms with Gasteiger partial charge in [-0.3, -0.25) is 0 Å². The van der Waals surface area contributed by atoms with Gasteiger partial charge in [-0.2, -0.15) is 12.6 Å². The molecule has 0 aromatic rings. The van der Waals surface area contributed by atoms with Crippen LogP contribution in [0.2, 0.25) is 0 Å². The van der Waals surface area contributed by atoms with E-state index < -0.39 is 0 Å². The van der Waals surface area contributed by atoms with Crippen molar-refractivity contribution >= 4 is 24.2 Å². The van der Waals surface area contributed by atoms with E-state index in [1.54, 1.807) is 7.11 Å². The van der Waals surface area contributed by atoms with Gasteiger partial charge in [-0.15, -0.1) is 11.6 Å². The molecule has 0 bridgehead atoms. The molecule has 0 aliphatic carbocycles. The fraction of sp³-hybridized carbons (Fsp3) is 1.00. The van der Waals surface area contributed by atoms with Crippen molar-refractivity contribution < 1.29 is 4.74 Å². The Bertz CT molecular complexity index is 42.7. The van der Waals surface area contributed by atoms with E-state index in [4.69, 9.17) is 16.3 Å². The summed E-state index contributed by atoms with van der Waals surface area (Å²) in [5.74, 6) is 0.553. The molecule has 0 aromatic heterocycles. The number of thiol groups is 1. The summed E-state index contributed by atoms with van der Waals surface area (Å²) in [7, 11) is 1.63. The van der Waals surface area contributed by atoms with Crippen LogP contribution in [0.25, 0.3) is 0 Å². The molecule has 1 unspecified atom stereocenters. The number of ether oxygens (including phenoxy) is 1. The fourth-order valence-corrected chi connectivity index (χ4v) is 0.475. The third kappa shape index (κ3) is 4.45. The average Bonchev–Trinajstić information content (AvgIpc) is 1.68. The van der Waals surface area contributed by atoms with Gasteiger partial charge in [-0.05, 0) is 0 Å². The van der Waals surface area contributed by atoms with Gasteiger partial charge in [-0.25, -0.2) is 0 Å². The number of rotatable bonds is 3. The van der Waals surface area contributed by atoms with Crippen molar-refractivity contribution in [1.82, 2.24) is 0 Å². The second kappa shape index (κ2) is 4.75. The van der Waals surface area contributed by atoms with Crippen LogP contribution in [0.15, 0.2) is 0 Å². The summed E-state index contributed by atoms with van der Waals surface area (Å²) in [5, 5.41) is 0.187. The molecule has 1 nitrogen and oxygen atoms in total. The SMILES string of the molecule is COCC(S)CCl. The molecule has 0 heterocycles. The van der Waals surface area contributed by atoms with E-state index in [0.717, 1.165) is 0 Å². The topological polar surface area (TPSA) is 9.23 Å². The molecular weight excluding hydrogens is 132 g/mol. The Kier molecular flexibility index (Phi) is 5.16. The normalized spacial score (nSPS) is 14.1. The molecule has 0 aromatic carbocycles. The lowest BCUT2D eigenvalue weighted by molar-refractivity contribution is 0.204. The molecule has 0 saturated heterocycles. The number of halogens is 1. The first-order chi connectivity index (χ1) is 3.31. The van der Waals surface area contributed by atoms with E-state index in [0.29, 0.717) is 12.5 Å². The number of hydrogen-bond acceptors (Lipinski definition) is 2. The second-order valence-electron chi connectivity index (χ2n) is 1.26. The highest BCUT2D eigenvalue weighted by molar-refractivity contribution is 7.81. The van der Waals surface area contributed by atoms with Gasteiger partial charge in [0.05, 0.1) is 6.61 Å². The molecule has 0 aliphatic heterocycles. The summed E-state index contributed by atoms with van der Waals surface area (Å²) in [5.41, 5.74) is 0. The maximum atomic E-state index is 5.37. The maximum absolute atomic E-state index is 5.37. The monoisotopic (exact) mass is 140 g/mol. The predicted octanol–water partition coefficient (Wildman–Crippen LogP) is 1.17. The van der Waals surface area contributed by atoms with Gasteiger partial charge < -0.3 is 4.74 Å². The summed E-state index contributed by atoms with van der Waals surface area (Å²) in [6, 6.07) is 0. The summed E-state index contributed by atoms with van der Waals surface area (Å²) in [6.07, 6.45) is 0. The van der Waals surface area contributed by atoms with Crippen molar-refractivity contribution in [3.05, 3.63) is 0 Å². The number of alkyl halides is 1. The Morgan fingerprint density at radius 2 is 2.43 bits per heavy atom. The molecule has 44 valence electrons. The Balaban J connectivity index is 2.83. The fourth-order valence-electron chi connectivity index (χ4n) is 0.237. The highest BCUT2D eigenvalue weighted by Crippen LogP contribution is 1.96. The van der Waals surface area contributed by atoms with E-state index in [9.17, 15) is 0 Å². The van der Waals surface area contributed by atoms with Gasteiger partial charge in [0.2, 0.25) is 0 Å². The van der Waals surface area contributed by atoms with Gasteiger partial charge in [0.15, 0.2) is 0 Å². The Labute approximate surface area is 54.4 Å².